The van der Waals surface area contributed by atoms with Crippen LogP contribution in [0.2, 0.25) is 0 Å². The Morgan fingerprint density at radius 1 is 0.893 bits per heavy atom. The normalized spacial score (nSPS) is 10.6. The fourth-order valence-corrected chi connectivity index (χ4v) is 2.72. The van der Waals surface area contributed by atoms with Gasteiger partial charge in [-0.25, -0.2) is 4.79 Å². The van der Waals surface area contributed by atoms with Gasteiger partial charge < -0.3 is 14.2 Å². The Morgan fingerprint density at radius 2 is 1.61 bits per heavy atom. The Labute approximate surface area is 172 Å². The zero-order valence-corrected chi connectivity index (χ0v) is 16.9. The summed E-state index contributed by atoms with van der Waals surface area (Å²) in [6, 6.07) is 22.6. The van der Waals surface area contributed by atoms with Gasteiger partial charge in [-0.1, -0.05) is 64.5 Å². The van der Waals surface area contributed by atoms with Crippen molar-refractivity contribution in [2.75, 3.05) is 13.7 Å². The fourth-order valence-electron chi connectivity index (χ4n) is 2.45. The highest BCUT2D eigenvalue weighted by molar-refractivity contribution is 9.10. The number of esters is 1. The molecular weight excluding hydrogens is 420 g/mol. The predicted octanol–water partition coefficient (Wildman–Crippen LogP) is 5.61. The van der Waals surface area contributed by atoms with Crippen LogP contribution in [0.25, 0.3) is 12.2 Å². The molecule has 3 aromatic carbocycles. The van der Waals surface area contributed by atoms with Crippen molar-refractivity contribution in [2.24, 2.45) is 0 Å². The highest BCUT2D eigenvalue weighted by atomic mass is 79.9. The summed E-state index contributed by atoms with van der Waals surface area (Å²) in [6.45, 7) is -0.194. The van der Waals surface area contributed by atoms with E-state index >= 15 is 0 Å². The Balaban J connectivity index is 1.62. The van der Waals surface area contributed by atoms with Gasteiger partial charge in [0.15, 0.2) is 18.1 Å². The number of rotatable bonds is 7. The van der Waals surface area contributed by atoms with E-state index in [1.165, 1.54) is 7.11 Å². The summed E-state index contributed by atoms with van der Waals surface area (Å²) >= 11 is 3.35. The van der Waals surface area contributed by atoms with Crippen molar-refractivity contribution in [1.29, 1.82) is 0 Å². The van der Waals surface area contributed by atoms with Crippen molar-refractivity contribution < 1.29 is 19.0 Å². The largest absolute Gasteiger partial charge is 0.493 e. The Morgan fingerprint density at radius 3 is 2.32 bits per heavy atom. The van der Waals surface area contributed by atoms with Crippen molar-refractivity contribution >= 4 is 34.1 Å². The molecular formula is C23H19BrO4. The van der Waals surface area contributed by atoms with Crippen molar-refractivity contribution in [2.45, 2.75) is 0 Å². The summed E-state index contributed by atoms with van der Waals surface area (Å²) < 4.78 is 17.1. The van der Waals surface area contributed by atoms with Crippen LogP contribution in [0.5, 0.6) is 17.2 Å². The van der Waals surface area contributed by atoms with Gasteiger partial charge in [0.05, 0.1) is 7.11 Å². The minimum absolute atomic E-state index is 0.194. The lowest BCUT2D eigenvalue weighted by molar-refractivity contribution is -0.136. The maximum Gasteiger partial charge on any atom is 0.349 e. The highest BCUT2D eigenvalue weighted by Gasteiger charge is 2.11. The van der Waals surface area contributed by atoms with E-state index in [0.29, 0.717) is 17.2 Å². The maximum atomic E-state index is 12.1. The molecule has 0 bridgehead atoms. The molecule has 0 aromatic heterocycles. The van der Waals surface area contributed by atoms with Crippen molar-refractivity contribution in [1.82, 2.24) is 0 Å². The second kappa shape index (κ2) is 9.76. The van der Waals surface area contributed by atoms with Gasteiger partial charge in [0.25, 0.3) is 0 Å². The van der Waals surface area contributed by atoms with Gasteiger partial charge in [-0.2, -0.15) is 0 Å². The van der Waals surface area contributed by atoms with Gasteiger partial charge >= 0.3 is 5.97 Å². The monoisotopic (exact) mass is 438 g/mol. The molecule has 5 heteroatoms. The summed E-state index contributed by atoms with van der Waals surface area (Å²) in [5.74, 6) is 0.915. The molecule has 0 aliphatic rings. The standard InChI is InChI=1S/C23H19BrO4/c1-26-22-15-18(8-7-17-5-3-2-4-6-17)9-14-21(22)28-23(25)16-27-20-12-10-19(24)11-13-20/h2-15H,16H2,1H3. The predicted molar refractivity (Wildman–Crippen MR) is 114 cm³/mol. The second-order valence-electron chi connectivity index (χ2n) is 5.87. The lowest BCUT2D eigenvalue weighted by Crippen LogP contribution is -2.18. The number of halogens is 1. The molecule has 0 spiro atoms. The van der Waals surface area contributed by atoms with E-state index in [0.717, 1.165) is 15.6 Å². The molecule has 0 amide bonds. The molecule has 3 rings (SSSR count). The van der Waals surface area contributed by atoms with Gasteiger partial charge in [-0.05, 0) is 47.5 Å². The molecule has 0 saturated carbocycles. The van der Waals surface area contributed by atoms with E-state index in [1.807, 2.05) is 66.7 Å². The molecule has 3 aromatic rings. The Hall–Kier alpha value is -3.05. The van der Waals surface area contributed by atoms with E-state index in [4.69, 9.17) is 14.2 Å². The first kappa shape index (κ1) is 19.7. The van der Waals surface area contributed by atoms with E-state index in [1.54, 1.807) is 18.2 Å². The van der Waals surface area contributed by atoms with Crippen LogP contribution in [0.15, 0.2) is 77.3 Å². The Bertz CT molecular complexity index is 950. The molecule has 0 aliphatic heterocycles. The average Bonchev–Trinajstić information content (AvgIpc) is 2.73. The molecule has 0 heterocycles. The number of carbonyl (C=O) groups is 1. The first-order chi connectivity index (χ1) is 13.6. The van der Waals surface area contributed by atoms with Crippen LogP contribution in [0.4, 0.5) is 0 Å². The molecule has 0 N–H and O–H groups in total. The zero-order valence-electron chi connectivity index (χ0n) is 15.3. The SMILES string of the molecule is COc1cc(C=Cc2ccccc2)ccc1OC(=O)COc1ccc(Br)cc1. The summed E-state index contributed by atoms with van der Waals surface area (Å²) in [7, 11) is 1.54. The smallest absolute Gasteiger partial charge is 0.349 e. The van der Waals surface area contributed by atoms with Gasteiger partial charge in [0, 0.05) is 4.47 Å². The lowest BCUT2D eigenvalue weighted by atomic mass is 10.1. The van der Waals surface area contributed by atoms with Crippen LogP contribution in [0.3, 0.4) is 0 Å². The zero-order chi connectivity index (χ0) is 19.8. The molecule has 142 valence electrons. The van der Waals surface area contributed by atoms with Crippen LogP contribution in [-0.2, 0) is 4.79 Å². The number of methoxy groups -OCH3 is 1. The number of hydrogen-bond acceptors (Lipinski definition) is 4. The van der Waals surface area contributed by atoms with E-state index in [-0.39, 0.29) is 6.61 Å². The van der Waals surface area contributed by atoms with Crippen molar-refractivity contribution in [3.8, 4) is 17.2 Å². The Kier molecular flexibility index (Phi) is 6.87. The first-order valence-electron chi connectivity index (χ1n) is 8.64. The third-order valence-corrected chi connectivity index (χ3v) is 4.38. The van der Waals surface area contributed by atoms with Gasteiger partial charge in [-0.3, -0.25) is 0 Å². The summed E-state index contributed by atoms with van der Waals surface area (Å²) in [5.41, 5.74) is 2.04. The minimum Gasteiger partial charge on any atom is -0.493 e. The first-order valence-corrected chi connectivity index (χ1v) is 9.43. The molecule has 0 aliphatic carbocycles. The number of carbonyl (C=O) groups excluding carboxylic acids is 1. The van der Waals surface area contributed by atoms with E-state index < -0.39 is 5.97 Å². The summed E-state index contributed by atoms with van der Waals surface area (Å²) in [4.78, 5) is 12.1. The topological polar surface area (TPSA) is 44.8 Å². The fraction of sp³-hybridized carbons (Fsp3) is 0.0870. The highest BCUT2D eigenvalue weighted by Crippen LogP contribution is 2.29. The number of ether oxygens (including phenoxy) is 3. The van der Waals surface area contributed by atoms with Crippen LogP contribution < -0.4 is 14.2 Å². The summed E-state index contributed by atoms with van der Waals surface area (Å²) in [5, 5.41) is 0. The third-order valence-electron chi connectivity index (χ3n) is 3.85. The molecule has 0 atom stereocenters. The quantitative estimate of drug-likeness (QED) is 0.273. The lowest BCUT2D eigenvalue weighted by Gasteiger charge is -2.11. The molecule has 0 fully saturated rings. The summed E-state index contributed by atoms with van der Waals surface area (Å²) in [6.07, 6.45) is 3.98. The minimum atomic E-state index is -0.506. The van der Waals surface area contributed by atoms with E-state index in [9.17, 15) is 4.79 Å². The van der Waals surface area contributed by atoms with Crippen LogP contribution in [0, 0.1) is 0 Å². The molecule has 0 unspecified atom stereocenters. The van der Waals surface area contributed by atoms with E-state index in [2.05, 4.69) is 15.9 Å². The van der Waals surface area contributed by atoms with Crippen molar-refractivity contribution in [3.63, 3.8) is 0 Å². The molecule has 4 nitrogen and oxygen atoms in total. The second-order valence-corrected chi connectivity index (χ2v) is 6.79. The average molecular weight is 439 g/mol. The van der Waals surface area contributed by atoms with Gasteiger partial charge in [-0.15, -0.1) is 0 Å². The van der Waals surface area contributed by atoms with Gasteiger partial charge in [0.2, 0.25) is 0 Å². The maximum absolute atomic E-state index is 12.1. The number of benzene rings is 3. The third kappa shape index (κ3) is 5.72. The molecule has 0 radical (unpaired) electrons. The van der Waals surface area contributed by atoms with Crippen LogP contribution >= 0.6 is 15.9 Å². The van der Waals surface area contributed by atoms with Crippen LogP contribution in [-0.4, -0.2) is 19.7 Å². The molecule has 0 saturated heterocycles. The van der Waals surface area contributed by atoms with Crippen LogP contribution in [0.1, 0.15) is 11.1 Å². The van der Waals surface area contributed by atoms with Crippen molar-refractivity contribution in [3.05, 3.63) is 88.4 Å². The number of hydrogen-bond donors (Lipinski definition) is 0. The molecule has 28 heavy (non-hydrogen) atoms. The van der Waals surface area contributed by atoms with Gasteiger partial charge in [0.1, 0.15) is 5.75 Å².